The van der Waals surface area contributed by atoms with Gasteiger partial charge in [0.15, 0.2) is 5.65 Å². The molecule has 0 fully saturated rings. The average molecular weight is 335 g/mol. The number of rotatable bonds is 4. The van der Waals surface area contributed by atoms with Crippen LogP contribution in [-0.4, -0.2) is 27.4 Å². The Labute approximate surface area is 136 Å². The fourth-order valence-electron chi connectivity index (χ4n) is 2.09. The van der Waals surface area contributed by atoms with E-state index in [-0.39, 0.29) is 5.91 Å². The molecule has 3 aromatic rings. The molecule has 1 amide bonds. The lowest BCUT2D eigenvalue weighted by Crippen LogP contribution is -2.25. The number of H-pyrrole nitrogens is 1. The molecule has 2 aromatic heterocycles. The molecule has 2 N–H and O–H groups in total. The number of carbonyl (C=O) groups is 1. The molecule has 0 atom stereocenters. The van der Waals surface area contributed by atoms with E-state index < -0.39 is 0 Å². The maximum Gasteiger partial charge on any atom is 0.252 e. The van der Waals surface area contributed by atoms with E-state index in [2.05, 4.69) is 20.3 Å². The van der Waals surface area contributed by atoms with Gasteiger partial charge in [-0.1, -0.05) is 29.3 Å². The molecule has 22 heavy (non-hydrogen) atoms. The maximum atomic E-state index is 12.1. The molecular weight excluding hydrogens is 323 g/mol. The molecule has 2 heterocycles. The Bertz CT molecular complexity index is 831. The van der Waals surface area contributed by atoms with Crippen molar-refractivity contribution < 1.29 is 4.79 Å². The first-order chi connectivity index (χ1) is 10.6. The Morgan fingerprint density at radius 1 is 1.23 bits per heavy atom. The predicted octanol–water partition coefficient (Wildman–Crippen LogP) is 3.24. The molecule has 0 saturated carbocycles. The minimum atomic E-state index is -0.186. The van der Waals surface area contributed by atoms with Crippen LogP contribution in [-0.2, 0) is 6.42 Å². The molecular formula is C15H12Cl2N4O. The number of imidazole rings is 1. The smallest absolute Gasteiger partial charge is 0.252 e. The van der Waals surface area contributed by atoms with Gasteiger partial charge in [0, 0.05) is 22.8 Å². The van der Waals surface area contributed by atoms with Crippen LogP contribution >= 0.6 is 23.2 Å². The summed E-state index contributed by atoms with van der Waals surface area (Å²) in [4.78, 5) is 23.2. The zero-order chi connectivity index (χ0) is 15.5. The van der Waals surface area contributed by atoms with Crippen LogP contribution < -0.4 is 5.32 Å². The van der Waals surface area contributed by atoms with Crippen LogP contribution in [0, 0.1) is 0 Å². The van der Waals surface area contributed by atoms with Crippen molar-refractivity contribution in [3.63, 3.8) is 0 Å². The second-order valence-electron chi connectivity index (χ2n) is 4.74. The van der Waals surface area contributed by atoms with Gasteiger partial charge < -0.3 is 10.3 Å². The molecule has 7 heteroatoms. The van der Waals surface area contributed by atoms with E-state index in [0.29, 0.717) is 34.2 Å². The first-order valence-corrected chi connectivity index (χ1v) is 7.40. The monoisotopic (exact) mass is 334 g/mol. The van der Waals surface area contributed by atoms with Gasteiger partial charge in [0.05, 0.1) is 17.4 Å². The van der Waals surface area contributed by atoms with Crippen molar-refractivity contribution in [3.8, 4) is 0 Å². The third kappa shape index (κ3) is 3.21. The minimum absolute atomic E-state index is 0.186. The molecule has 0 spiro atoms. The molecule has 1 aromatic carbocycles. The van der Waals surface area contributed by atoms with E-state index in [9.17, 15) is 4.79 Å². The number of nitrogens with one attached hydrogen (secondary N) is 2. The highest BCUT2D eigenvalue weighted by molar-refractivity contribution is 6.35. The fourth-order valence-corrected chi connectivity index (χ4v) is 2.59. The highest BCUT2D eigenvalue weighted by Crippen LogP contribution is 2.21. The zero-order valence-corrected chi connectivity index (χ0v) is 12.9. The first-order valence-electron chi connectivity index (χ1n) is 6.65. The Morgan fingerprint density at radius 3 is 2.91 bits per heavy atom. The van der Waals surface area contributed by atoms with Gasteiger partial charge in [-0.2, -0.15) is 0 Å². The highest BCUT2D eigenvalue weighted by atomic mass is 35.5. The topological polar surface area (TPSA) is 70.7 Å². The molecule has 0 aliphatic rings. The molecule has 112 valence electrons. The number of benzene rings is 1. The third-order valence-corrected chi connectivity index (χ3v) is 3.82. The van der Waals surface area contributed by atoms with E-state index in [4.69, 9.17) is 23.2 Å². The number of hydrogen-bond acceptors (Lipinski definition) is 3. The summed E-state index contributed by atoms with van der Waals surface area (Å²) in [5, 5.41) is 4.03. The number of halogens is 2. The minimum Gasteiger partial charge on any atom is -0.352 e. The number of nitrogens with zero attached hydrogens (tertiary/aromatic N) is 2. The summed E-state index contributed by atoms with van der Waals surface area (Å²) < 4.78 is 0. The van der Waals surface area contributed by atoms with Gasteiger partial charge in [0.2, 0.25) is 0 Å². The molecule has 0 unspecified atom stereocenters. The van der Waals surface area contributed by atoms with Crippen molar-refractivity contribution in [3.05, 3.63) is 58.0 Å². The van der Waals surface area contributed by atoms with Crippen LogP contribution in [0.4, 0.5) is 0 Å². The van der Waals surface area contributed by atoms with Crippen LogP contribution in [0.5, 0.6) is 0 Å². The highest BCUT2D eigenvalue weighted by Gasteiger charge is 2.08. The van der Waals surface area contributed by atoms with E-state index in [0.717, 1.165) is 11.1 Å². The second kappa shape index (κ2) is 6.34. The van der Waals surface area contributed by atoms with Gasteiger partial charge in [-0.3, -0.25) is 4.79 Å². The van der Waals surface area contributed by atoms with Crippen LogP contribution in [0.3, 0.4) is 0 Å². The van der Waals surface area contributed by atoms with E-state index in [1.165, 1.54) is 6.20 Å². The Balaban J connectivity index is 1.62. The maximum absolute atomic E-state index is 12.1. The van der Waals surface area contributed by atoms with Crippen molar-refractivity contribution in [1.29, 1.82) is 0 Å². The molecule has 0 saturated heterocycles. The van der Waals surface area contributed by atoms with E-state index >= 15 is 0 Å². The van der Waals surface area contributed by atoms with Crippen molar-refractivity contribution in [2.75, 3.05) is 6.54 Å². The lowest BCUT2D eigenvalue weighted by atomic mass is 10.1. The van der Waals surface area contributed by atoms with Crippen molar-refractivity contribution in [1.82, 2.24) is 20.3 Å². The zero-order valence-electron chi connectivity index (χ0n) is 11.4. The van der Waals surface area contributed by atoms with Gasteiger partial charge in [-0.25, -0.2) is 9.97 Å². The van der Waals surface area contributed by atoms with E-state index in [1.54, 1.807) is 24.5 Å². The lowest BCUT2D eigenvalue weighted by molar-refractivity contribution is 0.0954. The van der Waals surface area contributed by atoms with Crippen LogP contribution in [0.2, 0.25) is 10.0 Å². The molecule has 0 radical (unpaired) electrons. The van der Waals surface area contributed by atoms with Crippen LogP contribution in [0.1, 0.15) is 15.9 Å². The summed E-state index contributed by atoms with van der Waals surface area (Å²) >= 11 is 11.9. The number of amides is 1. The van der Waals surface area contributed by atoms with Gasteiger partial charge in [0.1, 0.15) is 0 Å². The number of aromatic amines is 1. The van der Waals surface area contributed by atoms with Gasteiger partial charge in [0.25, 0.3) is 5.91 Å². The van der Waals surface area contributed by atoms with Gasteiger partial charge in [-0.05, 0) is 30.2 Å². The van der Waals surface area contributed by atoms with E-state index in [1.807, 2.05) is 6.07 Å². The number of aromatic nitrogens is 3. The first kappa shape index (κ1) is 14.8. The largest absolute Gasteiger partial charge is 0.352 e. The molecule has 0 bridgehead atoms. The Kier molecular flexibility index (Phi) is 4.27. The summed E-state index contributed by atoms with van der Waals surface area (Å²) in [5.41, 5.74) is 2.74. The number of pyridine rings is 1. The lowest BCUT2D eigenvalue weighted by Gasteiger charge is -2.07. The second-order valence-corrected chi connectivity index (χ2v) is 5.58. The fraction of sp³-hybridized carbons (Fsp3) is 0.133. The van der Waals surface area contributed by atoms with Crippen molar-refractivity contribution in [2.24, 2.45) is 0 Å². The predicted molar refractivity (Wildman–Crippen MR) is 86.4 cm³/mol. The van der Waals surface area contributed by atoms with Crippen molar-refractivity contribution in [2.45, 2.75) is 6.42 Å². The molecule has 0 aliphatic heterocycles. The Morgan fingerprint density at radius 2 is 2.09 bits per heavy atom. The summed E-state index contributed by atoms with van der Waals surface area (Å²) in [6.45, 7) is 0.473. The number of carbonyl (C=O) groups excluding carboxylic acids is 1. The standard InChI is InChI=1S/C15H12Cl2N4O/c16-11-2-1-9(12(17)6-11)3-4-18-15(22)10-5-13-14(19-7-10)21-8-20-13/h1-2,5-8H,3-4H2,(H,18,22)(H,19,20,21). The van der Waals surface area contributed by atoms with Gasteiger partial charge >= 0.3 is 0 Å². The molecule has 0 aliphatic carbocycles. The average Bonchev–Trinajstić information content (AvgIpc) is 2.96. The normalized spacial score (nSPS) is 10.8. The SMILES string of the molecule is O=C(NCCc1ccc(Cl)cc1Cl)c1cnc2nc[nH]c2c1. The molecule has 3 rings (SSSR count). The van der Waals surface area contributed by atoms with Gasteiger partial charge in [-0.15, -0.1) is 0 Å². The summed E-state index contributed by atoms with van der Waals surface area (Å²) in [7, 11) is 0. The summed E-state index contributed by atoms with van der Waals surface area (Å²) in [5.74, 6) is -0.186. The summed E-state index contributed by atoms with van der Waals surface area (Å²) in [6.07, 6.45) is 3.68. The van der Waals surface area contributed by atoms with Crippen LogP contribution in [0.25, 0.3) is 11.2 Å². The number of fused-ring (bicyclic) bond motifs is 1. The third-order valence-electron chi connectivity index (χ3n) is 3.23. The summed E-state index contributed by atoms with van der Waals surface area (Å²) in [6, 6.07) is 7.05. The molecule has 5 nitrogen and oxygen atoms in total. The van der Waals surface area contributed by atoms with Crippen molar-refractivity contribution >= 4 is 40.3 Å². The quantitative estimate of drug-likeness (QED) is 0.769. The Hall–Kier alpha value is -2.11. The van der Waals surface area contributed by atoms with Crippen LogP contribution in [0.15, 0.2) is 36.8 Å². The number of hydrogen-bond donors (Lipinski definition) is 2.